The van der Waals surface area contributed by atoms with Gasteiger partial charge in [-0.3, -0.25) is 0 Å². The molecule has 2 N–H and O–H groups in total. The lowest BCUT2D eigenvalue weighted by Gasteiger charge is -2.35. The number of nitrogens with zero attached hydrogens (tertiary/aromatic N) is 2. The number of hydrogen-bond donors (Lipinski definition) is 2. The van der Waals surface area contributed by atoms with Crippen molar-refractivity contribution < 1.29 is 0 Å². The molecule has 4 nitrogen and oxygen atoms in total. The summed E-state index contributed by atoms with van der Waals surface area (Å²) in [6, 6.07) is 0.554. The zero-order valence-corrected chi connectivity index (χ0v) is 14.0. The van der Waals surface area contributed by atoms with Crippen LogP contribution in [0.5, 0.6) is 0 Å². The van der Waals surface area contributed by atoms with E-state index in [1.165, 1.54) is 31.2 Å². The van der Waals surface area contributed by atoms with Crippen LogP contribution < -0.4 is 10.6 Å². The number of hydrogen-bond acceptors (Lipinski definition) is 4. The molecule has 1 aromatic heterocycles. The third-order valence-corrected chi connectivity index (χ3v) is 4.47. The maximum absolute atomic E-state index is 4.51. The smallest absolute Gasteiger partial charge is 0.134 e. The summed E-state index contributed by atoms with van der Waals surface area (Å²) in [6.07, 6.45) is 8.85. The maximum Gasteiger partial charge on any atom is 0.134 e. The van der Waals surface area contributed by atoms with Gasteiger partial charge >= 0.3 is 0 Å². The van der Waals surface area contributed by atoms with Crippen molar-refractivity contribution in [2.45, 2.75) is 72.3 Å². The summed E-state index contributed by atoms with van der Waals surface area (Å²) in [5.74, 6) is 2.03. The van der Waals surface area contributed by atoms with E-state index in [1.807, 2.05) is 0 Å². The average molecular weight is 290 g/mol. The topological polar surface area (TPSA) is 49.8 Å². The molecular formula is C17H30N4. The van der Waals surface area contributed by atoms with E-state index in [-0.39, 0.29) is 0 Å². The standard InChI is InChI=1S/C17H30N4/c1-5-7-14-15(18-6-2)19-12-20-16(14)21-13-8-10-17(3,4)11-9-13/h12-13H,5-11H2,1-4H3,(H2,18,19,20,21). The molecule has 1 aliphatic rings. The Balaban J connectivity index is 2.10. The van der Waals surface area contributed by atoms with Crippen molar-refractivity contribution in [2.75, 3.05) is 17.2 Å². The van der Waals surface area contributed by atoms with Crippen LogP contribution in [0.15, 0.2) is 6.33 Å². The van der Waals surface area contributed by atoms with Crippen LogP contribution in [0.3, 0.4) is 0 Å². The lowest BCUT2D eigenvalue weighted by atomic mass is 9.75. The Bertz CT molecular complexity index is 446. The molecule has 1 saturated carbocycles. The van der Waals surface area contributed by atoms with Gasteiger partial charge in [-0.2, -0.15) is 0 Å². The SMILES string of the molecule is CCCc1c(NCC)ncnc1NC1CCC(C)(C)CC1. The van der Waals surface area contributed by atoms with Gasteiger partial charge in [0.2, 0.25) is 0 Å². The molecule has 0 aromatic carbocycles. The quantitative estimate of drug-likeness (QED) is 0.822. The van der Waals surface area contributed by atoms with Crippen LogP contribution >= 0.6 is 0 Å². The zero-order valence-electron chi connectivity index (χ0n) is 14.0. The second kappa shape index (κ2) is 7.10. The van der Waals surface area contributed by atoms with Crippen molar-refractivity contribution in [3.05, 3.63) is 11.9 Å². The number of aromatic nitrogens is 2. The van der Waals surface area contributed by atoms with E-state index >= 15 is 0 Å². The van der Waals surface area contributed by atoms with E-state index in [9.17, 15) is 0 Å². The highest BCUT2D eigenvalue weighted by atomic mass is 15.1. The monoisotopic (exact) mass is 290 g/mol. The van der Waals surface area contributed by atoms with Gasteiger partial charge in [-0.1, -0.05) is 27.2 Å². The average Bonchev–Trinajstić information content (AvgIpc) is 2.45. The van der Waals surface area contributed by atoms with Gasteiger partial charge in [0.05, 0.1) is 0 Å². The van der Waals surface area contributed by atoms with E-state index in [4.69, 9.17) is 0 Å². The molecular weight excluding hydrogens is 260 g/mol. The van der Waals surface area contributed by atoms with Crippen molar-refractivity contribution in [3.8, 4) is 0 Å². The Morgan fingerprint density at radius 3 is 2.43 bits per heavy atom. The second-order valence-corrected chi connectivity index (χ2v) is 6.91. The Hall–Kier alpha value is -1.32. The van der Waals surface area contributed by atoms with Crippen LogP contribution in [-0.4, -0.2) is 22.6 Å². The predicted molar refractivity (Wildman–Crippen MR) is 89.9 cm³/mol. The van der Waals surface area contributed by atoms with Gasteiger partial charge in [0.15, 0.2) is 0 Å². The van der Waals surface area contributed by atoms with Crippen LogP contribution in [0, 0.1) is 5.41 Å². The van der Waals surface area contributed by atoms with Gasteiger partial charge < -0.3 is 10.6 Å². The minimum Gasteiger partial charge on any atom is -0.370 e. The minimum absolute atomic E-state index is 0.505. The van der Waals surface area contributed by atoms with Gasteiger partial charge in [-0.25, -0.2) is 9.97 Å². The second-order valence-electron chi connectivity index (χ2n) is 6.91. The molecule has 1 aliphatic carbocycles. The van der Waals surface area contributed by atoms with Gasteiger partial charge in [-0.15, -0.1) is 0 Å². The van der Waals surface area contributed by atoms with Crippen LogP contribution in [-0.2, 0) is 6.42 Å². The lowest BCUT2D eigenvalue weighted by molar-refractivity contribution is 0.232. The summed E-state index contributed by atoms with van der Waals surface area (Å²) in [7, 11) is 0. The molecule has 0 spiro atoms. The number of nitrogens with one attached hydrogen (secondary N) is 2. The van der Waals surface area contributed by atoms with Gasteiger partial charge in [-0.05, 0) is 44.4 Å². The molecule has 0 amide bonds. The summed E-state index contributed by atoms with van der Waals surface area (Å²) < 4.78 is 0. The summed E-state index contributed by atoms with van der Waals surface area (Å²) in [6.45, 7) is 9.95. The molecule has 0 aliphatic heterocycles. The largest absolute Gasteiger partial charge is 0.370 e. The maximum atomic E-state index is 4.51. The first-order chi connectivity index (χ1) is 10.1. The highest BCUT2D eigenvalue weighted by Crippen LogP contribution is 2.36. The fourth-order valence-corrected chi connectivity index (χ4v) is 3.08. The van der Waals surface area contributed by atoms with Crippen molar-refractivity contribution >= 4 is 11.6 Å². The Morgan fingerprint density at radius 1 is 1.14 bits per heavy atom. The molecule has 0 bridgehead atoms. The molecule has 4 heteroatoms. The molecule has 2 rings (SSSR count). The first kappa shape index (κ1) is 16.1. The van der Waals surface area contributed by atoms with E-state index in [0.29, 0.717) is 11.5 Å². The third kappa shape index (κ3) is 4.32. The van der Waals surface area contributed by atoms with Crippen molar-refractivity contribution in [2.24, 2.45) is 5.41 Å². The van der Waals surface area contributed by atoms with Crippen molar-refractivity contribution in [1.82, 2.24) is 9.97 Å². The van der Waals surface area contributed by atoms with Gasteiger partial charge in [0.25, 0.3) is 0 Å². The molecule has 21 heavy (non-hydrogen) atoms. The molecule has 0 atom stereocenters. The summed E-state index contributed by atoms with van der Waals surface area (Å²) in [4.78, 5) is 8.91. The van der Waals surface area contributed by atoms with Gasteiger partial charge in [0.1, 0.15) is 18.0 Å². The highest BCUT2D eigenvalue weighted by Gasteiger charge is 2.27. The van der Waals surface area contributed by atoms with Gasteiger partial charge in [0, 0.05) is 18.2 Å². The van der Waals surface area contributed by atoms with E-state index in [1.54, 1.807) is 6.33 Å². The lowest BCUT2D eigenvalue weighted by Crippen LogP contribution is -2.30. The van der Waals surface area contributed by atoms with Crippen LogP contribution in [0.2, 0.25) is 0 Å². The molecule has 0 unspecified atom stereocenters. The predicted octanol–water partition coefficient (Wildman–Crippen LogP) is 4.24. The fourth-order valence-electron chi connectivity index (χ4n) is 3.08. The molecule has 0 radical (unpaired) electrons. The first-order valence-electron chi connectivity index (χ1n) is 8.40. The number of rotatable bonds is 6. The minimum atomic E-state index is 0.505. The van der Waals surface area contributed by atoms with Crippen LogP contribution in [0.4, 0.5) is 11.6 Å². The fraction of sp³-hybridized carbons (Fsp3) is 0.765. The van der Waals surface area contributed by atoms with E-state index in [0.717, 1.165) is 31.0 Å². The zero-order chi connectivity index (χ0) is 15.3. The molecule has 118 valence electrons. The van der Waals surface area contributed by atoms with E-state index in [2.05, 4.69) is 48.3 Å². The Kier molecular flexibility index (Phi) is 5.43. The molecule has 1 heterocycles. The van der Waals surface area contributed by atoms with Crippen LogP contribution in [0.1, 0.15) is 65.4 Å². The Labute approximate surface area is 129 Å². The first-order valence-corrected chi connectivity index (χ1v) is 8.40. The summed E-state index contributed by atoms with van der Waals surface area (Å²) >= 11 is 0. The van der Waals surface area contributed by atoms with Crippen molar-refractivity contribution in [1.29, 1.82) is 0 Å². The van der Waals surface area contributed by atoms with E-state index < -0.39 is 0 Å². The van der Waals surface area contributed by atoms with Crippen LogP contribution in [0.25, 0.3) is 0 Å². The normalized spacial score (nSPS) is 18.5. The molecule has 1 fully saturated rings. The summed E-state index contributed by atoms with van der Waals surface area (Å²) in [5.41, 5.74) is 1.75. The summed E-state index contributed by atoms with van der Waals surface area (Å²) in [5, 5.41) is 7.04. The van der Waals surface area contributed by atoms with Crippen molar-refractivity contribution in [3.63, 3.8) is 0 Å². The Morgan fingerprint density at radius 2 is 1.81 bits per heavy atom. The molecule has 0 saturated heterocycles. The highest BCUT2D eigenvalue weighted by molar-refractivity contribution is 5.57. The third-order valence-electron chi connectivity index (χ3n) is 4.47. The molecule has 1 aromatic rings. The number of anilines is 2.